The quantitative estimate of drug-likeness (QED) is 0.916. The highest BCUT2D eigenvalue weighted by molar-refractivity contribution is 6.04. The maximum atomic E-state index is 13.1. The maximum Gasteiger partial charge on any atom is 0.187 e. The van der Waals surface area contributed by atoms with Gasteiger partial charge in [-0.05, 0) is 30.5 Å². The average molecular weight is 321 g/mol. The fourth-order valence-corrected chi connectivity index (χ4v) is 3.87. The van der Waals surface area contributed by atoms with Crippen LogP contribution >= 0.6 is 0 Å². The molecule has 4 rings (SSSR count). The van der Waals surface area contributed by atoms with Crippen LogP contribution in [-0.2, 0) is 0 Å². The van der Waals surface area contributed by atoms with Gasteiger partial charge in [0.25, 0.3) is 0 Å². The predicted octanol–water partition coefficient (Wildman–Crippen LogP) is 4.29. The number of fused-ring (bicyclic) bond motifs is 1. The number of hydrogen-bond donors (Lipinski definition) is 1. The van der Waals surface area contributed by atoms with Crippen molar-refractivity contribution in [1.29, 1.82) is 0 Å². The molecule has 1 aliphatic carbocycles. The van der Waals surface area contributed by atoms with Gasteiger partial charge < -0.3 is 10.1 Å². The minimum atomic E-state index is -0.314. The van der Waals surface area contributed by atoms with E-state index in [0.717, 1.165) is 18.4 Å². The van der Waals surface area contributed by atoms with Gasteiger partial charge in [-0.1, -0.05) is 61.7 Å². The zero-order chi connectivity index (χ0) is 16.4. The molecule has 0 aromatic heterocycles. The Kier molecular flexibility index (Phi) is 4.35. The Bertz CT molecular complexity index is 707. The van der Waals surface area contributed by atoms with Crippen molar-refractivity contribution >= 4 is 5.78 Å². The molecular formula is C21H23NO2. The number of hydrogen-bond acceptors (Lipinski definition) is 3. The van der Waals surface area contributed by atoms with Gasteiger partial charge in [-0.3, -0.25) is 4.79 Å². The second-order valence-corrected chi connectivity index (χ2v) is 6.79. The molecule has 124 valence electrons. The minimum absolute atomic E-state index is 0.149. The molecule has 0 spiro atoms. The summed E-state index contributed by atoms with van der Waals surface area (Å²) in [6.45, 7) is 0. The summed E-state index contributed by atoms with van der Waals surface area (Å²) in [4.78, 5) is 13.1. The molecule has 1 heterocycles. The molecule has 2 aromatic carbocycles. The van der Waals surface area contributed by atoms with Crippen molar-refractivity contribution in [2.24, 2.45) is 0 Å². The van der Waals surface area contributed by atoms with E-state index in [0.29, 0.717) is 17.4 Å². The van der Waals surface area contributed by atoms with Crippen LogP contribution in [-0.4, -0.2) is 17.9 Å². The van der Waals surface area contributed by atoms with Crippen LogP contribution in [0.15, 0.2) is 54.6 Å². The fraction of sp³-hybridized carbons (Fsp3) is 0.381. The normalized spacial score (nSPS) is 24.2. The van der Waals surface area contributed by atoms with Crippen molar-refractivity contribution in [3.05, 3.63) is 65.7 Å². The van der Waals surface area contributed by atoms with Crippen molar-refractivity contribution in [2.45, 2.75) is 50.3 Å². The van der Waals surface area contributed by atoms with Crippen LogP contribution < -0.4 is 10.1 Å². The summed E-state index contributed by atoms with van der Waals surface area (Å²) < 4.78 is 6.26. The first kappa shape index (κ1) is 15.4. The van der Waals surface area contributed by atoms with Gasteiger partial charge in [0.05, 0.1) is 5.56 Å². The van der Waals surface area contributed by atoms with E-state index in [-0.39, 0.29) is 17.9 Å². The van der Waals surface area contributed by atoms with Crippen molar-refractivity contribution < 1.29 is 9.53 Å². The predicted molar refractivity (Wildman–Crippen MR) is 94.4 cm³/mol. The van der Waals surface area contributed by atoms with Gasteiger partial charge in [0.1, 0.15) is 17.9 Å². The molecule has 2 aromatic rings. The van der Waals surface area contributed by atoms with E-state index in [9.17, 15) is 4.79 Å². The van der Waals surface area contributed by atoms with E-state index >= 15 is 0 Å². The third kappa shape index (κ3) is 2.96. The molecule has 0 unspecified atom stereocenters. The van der Waals surface area contributed by atoms with Crippen LogP contribution in [0, 0.1) is 0 Å². The monoisotopic (exact) mass is 321 g/mol. The number of para-hydroxylation sites is 1. The number of ether oxygens (including phenoxy) is 1. The van der Waals surface area contributed by atoms with Gasteiger partial charge in [-0.15, -0.1) is 0 Å². The fourth-order valence-electron chi connectivity index (χ4n) is 3.87. The summed E-state index contributed by atoms with van der Waals surface area (Å²) in [5.74, 6) is 0.842. The van der Waals surface area contributed by atoms with E-state index in [1.165, 1.54) is 19.3 Å². The van der Waals surface area contributed by atoms with E-state index in [1.807, 2.05) is 54.6 Å². The Morgan fingerprint density at radius 2 is 1.58 bits per heavy atom. The van der Waals surface area contributed by atoms with Crippen molar-refractivity contribution in [3.63, 3.8) is 0 Å². The molecule has 1 N–H and O–H groups in total. The van der Waals surface area contributed by atoms with Crippen LogP contribution in [0.25, 0.3) is 0 Å². The minimum Gasteiger partial charge on any atom is -0.483 e. The third-order valence-corrected chi connectivity index (χ3v) is 5.14. The number of rotatable bonds is 3. The zero-order valence-corrected chi connectivity index (χ0v) is 13.8. The van der Waals surface area contributed by atoms with Gasteiger partial charge in [0.2, 0.25) is 0 Å². The van der Waals surface area contributed by atoms with E-state index in [1.54, 1.807) is 0 Å². The Morgan fingerprint density at radius 1 is 0.875 bits per heavy atom. The molecular weight excluding hydrogens is 298 g/mol. The van der Waals surface area contributed by atoms with E-state index in [2.05, 4.69) is 5.32 Å². The number of carbonyl (C=O) groups excluding carboxylic acids is 1. The molecule has 0 amide bonds. The smallest absolute Gasteiger partial charge is 0.187 e. The average Bonchev–Trinajstić information content (AvgIpc) is 2.65. The Balaban J connectivity index is 1.67. The van der Waals surface area contributed by atoms with Gasteiger partial charge in [-0.25, -0.2) is 0 Å². The number of benzene rings is 2. The largest absolute Gasteiger partial charge is 0.483 e. The van der Waals surface area contributed by atoms with Crippen LogP contribution in [0.2, 0.25) is 0 Å². The molecule has 1 aliphatic heterocycles. The second kappa shape index (κ2) is 6.78. The summed E-state index contributed by atoms with van der Waals surface area (Å²) in [5.41, 5.74) is 1.74. The summed E-state index contributed by atoms with van der Waals surface area (Å²) in [6.07, 6.45) is 5.81. The van der Waals surface area contributed by atoms with E-state index in [4.69, 9.17) is 4.74 Å². The van der Waals surface area contributed by atoms with Crippen molar-refractivity contribution in [2.75, 3.05) is 0 Å². The van der Waals surface area contributed by atoms with Crippen molar-refractivity contribution in [1.82, 2.24) is 5.32 Å². The molecule has 0 saturated heterocycles. The highest BCUT2D eigenvalue weighted by atomic mass is 16.5. The summed E-state index contributed by atoms with van der Waals surface area (Å²) in [5, 5.41) is 3.62. The number of Topliss-reactive ketones (excluding diaryl/α,β-unsaturated/α-hetero) is 1. The first-order valence-electron chi connectivity index (χ1n) is 8.94. The highest BCUT2D eigenvalue weighted by Crippen LogP contribution is 2.35. The van der Waals surface area contributed by atoms with Crippen molar-refractivity contribution in [3.8, 4) is 5.75 Å². The third-order valence-electron chi connectivity index (χ3n) is 5.14. The molecule has 0 bridgehead atoms. The van der Waals surface area contributed by atoms with Crippen LogP contribution in [0.1, 0.15) is 54.1 Å². The Hall–Kier alpha value is -2.13. The van der Waals surface area contributed by atoms with Gasteiger partial charge in [-0.2, -0.15) is 0 Å². The second-order valence-electron chi connectivity index (χ2n) is 6.79. The number of nitrogens with one attached hydrogen (secondary N) is 1. The first-order chi connectivity index (χ1) is 11.8. The summed E-state index contributed by atoms with van der Waals surface area (Å²) >= 11 is 0. The molecule has 1 saturated carbocycles. The highest BCUT2D eigenvalue weighted by Gasteiger charge is 2.39. The molecule has 24 heavy (non-hydrogen) atoms. The topological polar surface area (TPSA) is 38.3 Å². The molecule has 0 radical (unpaired) electrons. The first-order valence-corrected chi connectivity index (χ1v) is 8.94. The molecule has 3 nitrogen and oxygen atoms in total. The van der Waals surface area contributed by atoms with Crippen LogP contribution in [0.5, 0.6) is 5.75 Å². The van der Waals surface area contributed by atoms with E-state index < -0.39 is 0 Å². The zero-order valence-electron chi connectivity index (χ0n) is 13.8. The summed E-state index contributed by atoms with van der Waals surface area (Å²) in [6, 6.07) is 17.8. The lowest BCUT2D eigenvalue weighted by Crippen LogP contribution is -2.51. The lowest BCUT2D eigenvalue weighted by atomic mass is 9.88. The molecule has 2 aliphatic rings. The van der Waals surface area contributed by atoms with Gasteiger partial charge in [0, 0.05) is 6.04 Å². The molecule has 2 atom stereocenters. The Labute approximate surface area is 143 Å². The lowest BCUT2D eigenvalue weighted by Gasteiger charge is -2.36. The summed E-state index contributed by atoms with van der Waals surface area (Å²) in [7, 11) is 0. The standard InChI is InChI=1S/C21H23NO2/c23-20-17-13-7-8-14-18(17)24-21(15-9-3-1-4-10-15)19(20)22-16-11-5-2-6-12-16/h1,3-4,7-10,13-14,16,19,21-22H,2,5-6,11-12H2/t19-,21+/m0/s1. The van der Waals surface area contributed by atoms with Gasteiger partial charge in [0.15, 0.2) is 5.78 Å². The lowest BCUT2D eigenvalue weighted by molar-refractivity contribution is 0.0702. The molecule has 3 heteroatoms. The SMILES string of the molecule is O=C1c2ccccc2O[C@H](c2ccccc2)[C@H]1NC1CCCCC1. The number of ketones is 1. The van der Waals surface area contributed by atoms with Crippen LogP contribution in [0.4, 0.5) is 0 Å². The maximum absolute atomic E-state index is 13.1. The van der Waals surface area contributed by atoms with Gasteiger partial charge >= 0.3 is 0 Å². The molecule has 1 fully saturated rings. The van der Waals surface area contributed by atoms with Crippen LogP contribution in [0.3, 0.4) is 0 Å². The Morgan fingerprint density at radius 3 is 2.38 bits per heavy atom. The number of carbonyl (C=O) groups is 1.